The molecule has 0 saturated carbocycles. The maximum absolute atomic E-state index is 12.6. The van der Waals surface area contributed by atoms with Crippen molar-refractivity contribution in [2.24, 2.45) is 0 Å². The number of ketones is 1. The van der Waals surface area contributed by atoms with Crippen molar-refractivity contribution in [3.63, 3.8) is 0 Å². The number of carbonyl (C=O) groups excluding carboxylic acids is 1. The van der Waals surface area contributed by atoms with Gasteiger partial charge in [-0.25, -0.2) is 4.52 Å². The molecule has 0 aliphatic carbocycles. The van der Waals surface area contributed by atoms with Crippen molar-refractivity contribution in [3.8, 4) is 5.75 Å². The highest BCUT2D eigenvalue weighted by Crippen LogP contribution is 2.19. The second-order valence-electron chi connectivity index (χ2n) is 4.38. The van der Waals surface area contributed by atoms with Gasteiger partial charge < -0.3 is 4.74 Å². The minimum Gasteiger partial charge on any atom is -0.494 e. The van der Waals surface area contributed by atoms with E-state index in [0.29, 0.717) is 23.5 Å². The number of pyridine rings is 1. The topological polar surface area (TPSA) is 43.6 Å². The molecule has 0 fully saturated rings. The van der Waals surface area contributed by atoms with Crippen LogP contribution in [0.1, 0.15) is 22.8 Å². The third-order valence-corrected chi connectivity index (χ3v) is 3.08. The minimum atomic E-state index is -0.0484. The highest BCUT2D eigenvalue weighted by atomic mass is 16.5. The van der Waals surface area contributed by atoms with Crippen molar-refractivity contribution in [1.29, 1.82) is 0 Å². The van der Waals surface area contributed by atoms with Crippen LogP contribution >= 0.6 is 0 Å². The Morgan fingerprint density at radius 3 is 3.00 bits per heavy atom. The molecule has 0 spiro atoms. The SMILES string of the molecule is CCOc1cccc(C(=O)c2cnn3ccccc23)c1. The Bertz CT molecular complexity index is 762. The van der Waals surface area contributed by atoms with Gasteiger partial charge in [-0.3, -0.25) is 4.79 Å². The van der Waals surface area contributed by atoms with Crippen molar-refractivity contribution < 1.29 is 9.53 Å². The molecule has 0 aliphatic rings. The average molecular weight is 266 g/mol. The van der Waals surface area contributed by atoms with E-state index in [2.05, 4.69) is 5.10 Å². The van der Waals surface area contributed by atoms with E-state index in [4.69, 9.17) is 4.74 Å². The summed E-state index contributed by atoms with van der Waals surface area (Å²) in [6.07, 6.45) is 3.42. The molecule has 3 aromatic rings. The molecule has 4 nitrogen and oxygen atoms in total. The summed E-state index contributed by atoms with van der Waals surface area (Å²) >= 11 is 0. The van der Waals surface area contributed by atoms with Crippen molar-refractivity contribution in [1.82, 2.24) is 9.61 Å². The van der Waals surface area contributed by atoms with Gasteiger partial charge in [-0.15, -0.1) is 0 Å². The Kier molecular flexibility index (Phi) is 3.21. The Balaban J connectivity index is 2.02. The second kappa shape index (κ2) is 5.17. The zero-order valence-corrected chi connectivity index (χ0v) is 11.1. The predicted molar refractivity (Wildman–Crippen MR) is 76.2 cm³/mol. The molecule has 0 bridgehead atoms. The standard InChI is InChI=1S/C16H14N2O2/c1-2-20-13-7-5-6-12(10-13)16(19)14-11-17-18-9-4-3-8-15(14)18/h3-11H,2H2,1H3. The molecule has 0 atom stereocenters. The molecule has 0 N–H and O–H groups in total. The quantitative estimate of drug-likeness (QED) is 0.682. The number of aromatic nitrogens is 2. The van der Waals surface area contributed by atoms with Crippen molar-refractivity contribution in [2.45, 2.75) is 6.92 Å². The first kappa shape index (κ1) is 12.4. The fourth-order valence-corrected chi connectivity index (χ4v) is 2.16. The van der Waals surface area contributed by atoms with Crippen LogP contribution in [0.4, 0.5) is 0 Å². The number of nitrogens with zero attached hydrogens (tertiary/aromatic N) is 2. The van der Waals surface area contributed by atoms with E-state index in [1.165, 1.54) is 0 Å². The lowest BCUT2D eigenvalue weighted by atomic mass is 10.0. The molecular weight excluding hydrogens is 252 g/mol. The van der Waals surface area contributed by atoms with Crippen LogP contribution in [-0.4, -0.2) is 22.0 Å². The van der Waals surface area contributed by atoms with Gasteiger partial charge in [-0.05, 0) is 31.2 Å². The normalized spacial score (nSPS) is 10.7. The smallest absolute Gasteiger partial charge is 0.196 e. The Morgan fingerprint density at radius 1 is 1.25 bits per heavy atom. The summed E-state index contributed by atoms with van der Waals surface area (Å²) in [6.45, 7) is 2.49. The minimum absolute atomic E-state index is 0.0484. The maximum Gasteiger partial charge on any atom is 0.196 e. The molecule has 1 aromatic carbocycles. The first-order valence-electron chi connectivity index (χ1n) is 6.49. The zero-order chi connectivity index (χ0) is 13.9. The van der Waals surface area contributed by atoms with Crippen LogP contribution in [0.5, 0.6) is 5.75 Å². The summed E-state index contributed by atoms with van der Waals surface area (Å²) < 4.78 is 7.12. The van der Waals surface area contributed by atoms with Gasteiger partial charge >= 0.3 is 0 Å². The molecule has 0 aliphatic heterocycles. The van der Waals surface area contributed by atoms with E-state index in [0.717, 1.165) is 5.52 Å². The van der Waals surface area contributed by atoms with Crippen LogP contribution < -0.4 is 4.74 Å². The van der Waals surface area contributed by atoms with Crippen LogP contribution in [0.25, 0.3) is 5.52 Å². The molecule has 0 amide bonds. The van der Waals surface area contributed by atoms with Crippen LogP contribution in [0.2, 0.25) is 0 Å². The number of fused-ring (bicyclic) bond motifs is 1. The van der Waals surface area contributed by atoms with Gasteiger partial charge in [0, 0.05) is 11.8 Å². The number of rotatable bonds is 4. The number of ether oxygens (including phenoxy) is 1. The molecule has 0 saturated heterocycles. The fraction of sp³-hybridized carbons (Fsp3) is 0.125. The molecule has 0 unspecified atom stereocenters. The van der Waals surface area contributed by atoms with Gasteiger partial charge in [0.05, 0.1) is 23.9 Å². The molecule has 3 rings (SSSR count). The highest BCUT2D eigenvalue weighted by molar-refractivity contribution is 6.13. The number of benzene rings is 1. The van der Waals surface area contributed by atoms with E-state index in [-0.39, 0.29) is 5.78 Å². The Hall–Kier alpha value is -2.62. The molecular formula is C16H14N2O2. The monoisotopic (exact) mass is 266 g/mol. The van der Waals surface area contributed by atoms with Crippen LogP contribution in [-0.2, 0) is 0 Å². The summed E-state index contributed by atoms with van der Waals surface area (Å²) in [5.74, 6) is 0.655. The average Bonchev–Trinajstić information content (AvgIpc) is 2.91. The van der Waals surface area contributed by atoms with Crippen LogP contribution in [0.15, 0.2) is 54.9 Å². The predicted octanol–water partition coefficient (Wildman–Crippen LogP) is 2.96. The molecule has 2 aromatic heterocycles. The second-order valence-corrected chi connectivity index (χ2v) is 4.38. The van der Waals surface area contributed by atoms with E-state index in [1.807, 2.05) is 43.5 Å². The summed E-state index contributed by atoms with van der Waals surface area (Å²) in [7, 11) is 0. The number of hydrogen-bond acceptors (Lipinski definition) is 3. The van der Waals surface area contributed by atoms with Gasteiger partial charge in [-0.2, -0.15) is 5.10 Å². The third-order valence-electron chi connectivity index (χ3n) is 3.08. The lowest BCUT2D eigenvalue weighted by molar-refractivity contribution is 0.104. The summed E-state index contributed by atoms with van der Waals surface area (Å²) in [5.41, 5.74) is 2.01. The van der Waals surface area contributed by atoms with E-state index in [9.17, 15) is 4.79 Å². The number of carbonyl (C=O) groups is 1. The summed E-state index contributed by atoms with van der Waals surface area (Å²) in [4.78, 5) is 12.6. The first-order valence-corrected chi connectivity index (χ1v) is 6.49. The summed E-state index contributed by atoms with van der Waals surface area (Å²) in [6, 6.07) is 12.9. The zero-order valence-electron chi connectivity index (χ0n) is 11.1. The number of hydrogen-bond donors (Lipinski definition) is 0. The van der Waals surface area contributed by atoms with E-state index in [1.54, 1.807) is 22.8 Å². The maximum atomic E-state index is 12.6. The molecule has 100 valence electrons. The van der Waals surface area contributed by atoms with Crippen LogP contribution in [0.3, 0.4) is 0 Å². The van der Waals surface area contributed by atoms with Crippen LogP contribution in [0, 0.1) is 0 Å². The van der Waals surface area contributed by atoms with Gasteiger partial charge in [0.15, 0.2) is 5.78 Å². The van der Waals surface area contributed by atoms with Gasteiger partial charge in [0.1, 0.15) is 5.75 Å². The molecule has 2 heterocycles. The van der Waals surface area contributed by atoms with Gasteiger partial charge in [0.2, 0.25) is 0 Å². The highest BCUT2D eigenvalue weighted by Gasteiger charge is 2.14. The molecule has 0 radical (unpaired) electrons. The lowest BCUT2D eigenvalue weighted by Crippen LogP contribution is -2.02. The summed E-state index contributed by atoms with van der Waals surface area (Å²) in [5, 5.41) is 4.19. The lowest BCUT2D eigenvalue weighted by Gasteiger charge is -2.05. The van der Waals surface area contributed by atoms with Crippen molar-refractivity contribution >= 4 is 11.3 Å². The molecule has 20 heavy (non-hydrogen) atoms. The van der Waals surface area contributed by atoms with Gasteiger partial charge in [-0.1, -0.05) is 18.2 Å². The first-order chi connectivity index (χ1) is 9.79. The Morgan fingerprint density at radius 2 is 2.15 bits per heavy atom. The third kappa shape index (κ3) is 2.16. The van der Waals surface area contributed by atoms with Crippen molar-refractivity contribution in [2.75, 3.05) is 6.61 Å². The van der Waals surface area contributed by atoms with Crippen molar-refractivity contribution in [3.05, 3.63) is 66.0 Å². The van der Waals surface area contributed by atoms with E-state index < -0.39 is 0 Å². The van der Waals surface area contributed by atoms with Gasteiger partial charge in [0.25, 0.3) is 0 Å². The fourth-order valence-electron chi connectivity index (χ4n) is 2.16. The Labute approximate surface area is 116 Å². The molecule has 4 heteroatoms. The van der Waals surface area contributed by atoms with E-state index >= 15 is 0 Å². The largest absolute Gasteiger partial charge is 0.494 e.